The van der Waals surface area contributed by atoms with Crippen molar-refractivity contribution in [3.63, 3.8) is 0 Å². The van der Waals surface area contributed by atoms with Crippen LogP contribution in [0.4, 0.5) is 0 Å². The van der Waals surface area contributed by atoms with Crippen molar-refractivity contribution < 1.29 is 9.90 Å². The van der Waals surface area contributed by atoms with Crippen LogP contribution in [0.25, 0.3) is 0 Å². The number of rotatable bonds is 1. The molecule has 0 radical (unpaired) electrons. The number of hydrogen-bond acceptors (Lipinski definition) is 4. The lowest BCUT2D eigenvalue weighted by atomic mass is 10.2. The first-order chi connectivity index (χ1) is 6.37. The molecule has 0 unspecified atom stereocenters. The lowest BCUT2D eigenvalue weighted by Gasteiger charge is -2.07. The zero-order valence-corrected chi connectivity index (χ0v) is 8.07. The molecule has 1 N–H and O–H groups in total. The van der Waals surface area contributed by atoms with Crippen LogP contribution in [0.15, 0.2) is 9.59 Å². The van der Waals surface area contributed by atoms with Crippen molar-refractivity contribution in [3.8, 4) is 5.88 Å². The molecule has 6 nitrogen and oxygen atoms in total. The lowest BCUT2D eigenvalue weighted by Crippen LogP contribution is -2.39. The van der Waals surface area contributed by atoms with Gasteiger partial charge in [0.15, 0.2) is 5.78 Å². The minimum Gasteiger partial charge on any atom is -0.494 e. The summed E-state index contributed by atoms with van der Waals surface area (Å²) in [6.45, 7) is 1.15. The molecule has 1 heterocycles. The molecule has 0 aromatic carbocycles. The van der Waals surface area contributed by atoms with Crippen molar-refractivity contribution in [2.75, 3.05) is 0 Å². The van der Waals surface area contributed by atoms with E-state index in [0.29, 0.717) is 0 Å². The number of nitrogens with zero attached hydrogens (tertiary/aromatic N) is 2. The SMILES string of the molecule is CC(=O)c1c(O)n(C)c(=O)n(C)c1=O. The summed E-state index contributed by atoms with van der Waals surface area (Å²) in [5, 5.41) is 9.38. The Hall–Kier alpha value is -1.85. The maximum absolute atomic E-state index is 11.4. The van der Waals surface area contributed by atoms with Gasteiger partial charge in [-0.1, -0.05) is 0 Å². The summed E-state index contributed by atoms with van der Waals surface area (Å²) in [4.78, 5) is 33.6. The zero-order valence-electron chi connectivity index (χ0n) is 8.07. The topological polar surface area (TPSA) is 81.3 Å². The fourth-order valence-electron chi connectivity index (χ4n) is 1.14. The van der Waals surface area contributed by atoms with Gasteiger partial charge in [-0.25, -0.2) is 4.79 Å². The smallest absolute Gasteiger partial charge is 0.333 e. The number of Topliss-reactive ketones (excluding diaryl/α,β-unsaturated/α-hetero) is 1. The van der Waals surface area contributed by atoms with Crippen LogP contribution in [-0.4, -0.2) is 20.0 Å². The third-order valence-corrected chi connectivity index (χ3v) is 1.99. The molecule has 0 aliphatic rings. The summed E-state index contributed by atoms with van der Waals surface area (Å²) in [5.41, 5.74) is -1.81. The Kier molecular flexibility index (Phi) is 2.29. The molecule has 0 bridgehead atoms. The van der Waals surface area contributed by atoms with E-state index in [1.807, 2.05) is 0 Å². The number of aromatic nitrogens is 2. The van der Waals surface area contributed by atoms with Crippen LogP contribution < -0.4 is 11.2 Å². The Labute approximate surface area is 79.0 Å². The maximum Gasteiger partial charge on any atom is 0.333 e. The lowest BCUT2D eigenvalue weighted by molar-refractivity contribution is 0.101. The van der Waals surface area contributed by atoms with Gasteiger partial charge in [-0.2, -0.15) is 0 Å². The van der Waals surface area contributed by atoms with Gasteiger partial charge in [0.2, 0.25) is 5.88 Å². The first kappa shape index (κ1) is 10.2. The zero-order chi connectivity index (χ0) is 11.0. The normalized spacial score (nSPS) is 10.2. The second-order valence-corrected chi connectivity index (χ2v) is 2.96. The number of hydrogen-bond donors (Lipinski definition) is 1. The monoisotopic (exact) mass is 198 g/mol. The second-order valence-electron chi connectivity index (χ2n) is 2.96. The minimum absolute atomic E-state index is 0.366. The third kappa shape index (κ3) is 1.24. The van der Waals surface area contributed by atoms with E-state index in [9.17, 15) is 19.5 Å². The van der Waals surface area contributed by atoms with Gasteiger partial charge in [-0.05, 0) is 6.92 Å². The van der Waals surface area contributed by atoms with Gasteiger partial charge >= 0.3 is 5.69 Å². The Morgan fingerprint density at radius 1 is 1.21 bits per heavy atom. The average Bonchev–Trinajstić information content (AvgIpc) is 2.11. The van der Waals surface area contributed by atoms with Crippen molar-refractivity contribution in [2.24, 2.45) is 14.1 Å². The molecule has 0 aliphatic carbocycles. The van der Waals surface area contributed by atoms with Crippen molar-refractivity contribution in [1.29, 1.82) is 0 Å². The van der Waals surface area contributed by atoms with E-state index >= 15 is 0 Å². The molecule has 6 heteroatoms. The Morgan fingerprint density at radius 3 is 2.14 bits per heavy atom. The van der Waals surface area contributed by atoms with Crippen LogP contribution in [0.1, 0.15) is 17.3 Å². The summed E-state index contributed by atoms with van der Waals surface area (Å²) in [6.07, 6.45) is 0. The fourth-order valence-corrected chi connectivity index (χ4v) is 1.14. The van der Waals surface area contributed by atoms with Gasteiger partial charge in [0.05, 0.1) is 0 Å². The third-order valence-electron chi connectivity index (χ3n) is 1.99. The quantitative estimate of drug-likeness (QED) is 0.586. The van der Waals surface area contributed by atoms with E-state index < -0.39 is 22.9 Å². The minimum atomic E-state index is -0.780. The predicted octanol–water partition coefficient (Wildman–Crippen LogP) is -1.01. The molecule has 1 aromatic heterocycles. The predicted molar refractivity (Wildman–Crippen MR) is 48.6 cm³/mol. The van der Waals surface area contributed by atoms with Gasteiger partial charge in [-0.3, -0.25) is 18.7 Å². The Morgan fingerprint density at radius 2 is 1.71 bits per heavy atom. The molecular weight excluding hydrogens is 188 g/mol. The van der Waals surface area contributed by atoms with E-state index in [4.69, 9.17) is 0 Å². The molecule has 1 rings (SSSR count). The van der Waals surface area contributed by atoms with Gasteiger partial charge in [0.1, 0.15) is 5.56 Å². The highest BCUT2D eigenvalue weighted by molar-refractivity contribution is 5.95. The standard InChI is InChI=1S/C8H10N2O4/c1-4(11)5-6(12)9(2)8(14)10(3)7(5)13/h12H,1-3H3. The molecule has 0 amide bonds. The fraction of sp³-hybridized carbons (Fsp3) is 0.375. The highest BCUT2D eigenvalue weighted by atomic mass is 16.3. The van der Waals surface area contributed by atoms with Crippen LogP contribution >= 0.6 is 0 Å². The molecule has 0 saturated carbocycles. The van der Waals surface area contributed by atoms with Gasteiger partial charge < -0.3 is 5.11 Å². The Balaban J connectivity index is 3.88. The molecule has 0 spiro atoms. The second kappa shape index (κ2) is 3.13. The summed E-state index contributed by atoms with van der Waals surface area (Å²) in [6, 6.07) is 0. The van der Waals surface area contributed by atoms with E-state index in [2.05, 4.69) is 0 Å². The summed E-state index contributed by atoms with van der Waals surface area (Å²) < 4.78 is 1.62. The van der Waals surface area contributed by atoms with Crippen LogP contribution in [-0.2, 0) is 14.1 Å². The summed E-state index contributed by atoms with van der Waals surface area (Å²) >= 11 is 0. The molecule has 0 saturated heterocycles. The number of aromatic hydroxyl groups is 1. The van der Waals surface area contributed by atoms with Crippen LogP contribution in [0, 0.1) is 0 Å². The largest absolute Gasteiger partial charge is 0.494 e. The van der Waals surface area contributed by atoms with Crippen molar-refractivity contribution in [3.05, 3.63) is 26.4 Å². The molecule has 0 aliphatic heterocycles. The first-order valence-electron chi connectivity index (χ1n) is 3.87. The highest BCUT2D eigenvalue weighted by Gasteiger charge is 2.17. The van der Waals surface area contributed by atoms with E-state index in [1.54, 1.807) is 0 Å². The van der Waals surface area contributed by atoms with E-state index in [1.165, 1.54) is 14.1 Å². The molecule has 76 valence electrons. The summed E-state index contributed by atoms with van der Waals surface area (Å²) in [7, 11) is 2.53. The maximum atomic E-state index is 11.4. The van der Waals surface area contributed by atoms with Gasteiger partial charge in [0.25, 0.3) is 5.56 Å². The van der Waals surface area contributed by atoms with Gasteiger partial charge in [0, 0.05) is 14.1 Å². The van der Waals surface area contributed by atoms with Crippen molar-refractivity contribution in [2.45, 2.75) is 6.92 Å². The molecular formula is C8H10N2O4. The molecule has 0 atom stereocenters. The highest BCUT2D eigenvalue weighted by Crippen LogP contribution is 2.08. The van der Waals surface area contributed by atoms with Crippen molar-refractivity contribution >= 4 is 5.78 Å². The van der Waals surface area contributed by atoms with Gasteiger partial charge in [-0.15, -0.1) is 0 Å². The Bertz CT molecular complexity index is 509. The number of carbonyl (C=O) groups excluding carboxylic acids is 1. The average molecular weight is 198 g/mol. The first-order valence-corrected chi connectivity index (χ1v) is 3.87. The van der Waals surface area contributed by atoms with Crippen LogP contribution in [0.2, 0.25) is 0 Å². The molecule has 0 fully saturated rings. The number of ketones is 1. The van der Waals surface area contributed by atoms with Crippen molar-refractivity contribution in [1.82, 2.24) is 9.13 Å². The van der Waals surface area contributed by atoms with E-state index in [-0.39, 0.29) is 5.56 Å². The molecule has 14 heavy (non-hydrogen) atoms. The number of carbonyl (C=O) groups is 1. The van der Waals surface area contributed by atoms with E-state index in [0.717, 1.165) is 16.1 Å². The molecule has 1 aromatic rings. The summed E-state index contributed by atoms with van der Waals surface area (Å²) in [5.74, 6) is -1.16. The van der Waals surface area contributed by atoms with Crippen LogP contribution in [0.5, 0.6) is 5.88 Å². The van der Waals surface area contributed by atoms with Crippen LogP contribution in [0.3, 0.4) is 0 Å².